The van der Waals surface area contributed by atoms with Gasteiger partial charge in [-0.1, -0.05) is 19.1 Å². The summed E-state index contributed by atoms with van der Waals surface area (Å²) in [5, 5.41) is 0. The van der Waals surface area contributed by atoms with Crippen LogP contribution in [0, 0.1) is 0 Å². The van der Waals surface area contributed by atoms with Crippen LogP contribution in [0.4, 0.5) is 0 Å². The lowest BCUT2D eigenvalue weighted by atomic mass is 10.2. The van der Waals surface area contributed by atoms with Crippen LogP contribution in [0.25, 0.3) is 0 Å². The second-order valence-corrected chi connectivity index (χ2v) is 4.24. The van der Waals surface area contributed by atoms with Crippen LogP contribution in [-0.2, 0) is 9.47 Å². The van der Waals surface area contributed by atoms with Crippen molar-refractivity contribution in [3.63, 3.8) is 0 Å². The van der Waals surface area contributed by atoms with Gasteiger partial charge in [0.1, 0.15) is 0 Å². The van der Waals surface area contributed by atoms with Crippen LogP contribution in [0.2, 0.25) is 0 Å². The molecule has 0 aromatic heterocycles. The van der Waals surface area contributed by atoms with Gasteiger partial charge in [-0.2, -0.15) is 0 Å². The van der Waals surface area contributed by atoms with E-state index in [0.717, 1.165) is 32.4 Å². The fraction of sp³-hybridized carbons (Fsp3) is 0.857. The van der Waals surface area contributed by atoms with Crippen LogP contribution in [0.3, 0.4) is 0 Å². The Morgan fingerprint density at radius 3 is 2.35 bits per heavy atom. The van der Waals surface area contributed by atoms with Gasteiger partial charge in [0.15, 0.2) is 6.29 Å². The molecule has 0 aliphatic carbocycles. The van der Waals surface area contributed by atoms with Crippen LogP contribution in [-0.4, -0.2) is 45.0 Å². The minimum absolute atomic E-state index is 0.0472. The Labute approximate surface area is 107 Å². The lowest BCUT2D eigenvalue weighted by molar-refractivity contribution is -0.107. The zero-order chi connectivity index (χ0) is 12.9. The third kappa shape index (κ3) is 9.33. The Balaban J connectivity index is 3.74. The SMILES string of the molecule is C/C=C/CCN(CCC)CCCC(OC)OC. The largest absolute Gasteiger partial charge is 0.356 e. The highest BCUT2D eigenvalue weighted by molar-refractivity contribution is 4.78. The Kier molecular flexibility index (Phi) is 11.8. The van der Waals surface area contributed by atoms with Crippen molar-refractivity contribution in [3.8, 4) is 0 Å². The number of allylic oxidation sites excluding steroid dienone is 1. The molecule has 0 amide bonds. The molecule has 0 radical (unpaired) electrons. The van der Waals surface area contributed by atoms with Gasteiger partial charge in [-0.25, -0.2) is 0 Å². The van der Waals surface area contributed by atoms with E-state index in [9.17, 15) is 0 Å². The van der Waals surface area contributed by atoms with Gasteiger partial charge in [0, 0.05) is 20.8 Å². The predicted molar refractivity (Wildman–Crippen MR) is 73.2 cm³/mol. The van der Waals surface area contributed by atoms with Crippen LogP contribution < -0.4 is 0 Å². The summed E-state index contributed by atoms with van der Waals surface area (Å²) in [6.45, 7) is 7.78. The molecular weight excluding hydrogens is 214 g/mol. The fourth-order valence-electron chi connectivity index (χ4n) is 1.89. The lowest BCUT2D eigenvalue weighted by Crippen LogP contribution is -2.27. The first-order valence-electron chi connectivity index (χ1n) is 6.67. The Bertz CT molecular complexity index is 179. The van der Waals surface area contributed by atoms with Gasteiger partial charge < -0.3 is 14.4 Å². The molecule has 3 heteroatoms. The average Bonchev–Trinajstić information content (AvgIpc) is 2.35. The van der Waals surface area contributed by atoms with Crippen molar-refractivity contribution < 1.29 is 9.47 Å². The zero-order valence-electron chi connectivity index (χ0n) is 11.9. The Hall–Kier alpha value is -0.380. The number of nitrogens with zero attached hydrogens (tertiary/aromatic N) is 1. The summed E-state index contributed by atoms with van der Waals surface area (Å²) in [4.78, 5) is 2.52. The van der Waals surface area contributed by atoms with Crippen molar-refractivity contribution in [2.45, 2.75) is 45.8 Å². The van der Waals surface area contributed by atoms with E-state index in [4.69, 9.17) is 9.47 Å². The van der Waals surface area contributed by atoms with Gasteiger partial charge in [0.25, 0.3) is 0 Å². The summed E-state index contributed by atoms with van der Waals surface area (Å²) in [6, 6.07) is 0. The molecule has 0 N–H and O–H groups in total. The number of hydrogen-bond acceptors (Lipinski definition) is 3. The van der Waals surface area contributed by atoms with Crippen LogP contribution in [0.5, 0.6) is 0 Å². The maximum Gasteiger partial charge on any atom is 0.156 e. The van der Waals surface area contributed by atoms with E-state index < -0.39 is 0 Å². The molecule has 3 nitrogen and oxygen atoms in total. The van der Waals surface area contributed by atoms with Gasteiger partial charge in [-0.05, 0) is 45.7 Å². The standard InChI is InChI=1S/C14H29NO2/c1-5-7-8-12-15(11-6-2)13-9-10-14(16-3)17-4/h5,7,14H,6,8-13H2,1-4H3/b7-5+. The van der Waals surface area contributed by atoms with Gasteiger partial charge in [0.2, 0.25) is 0 Å². The second kappa shape index (κ2) is 12.1. The monoisotopic (exact) mass is 243 g/mol. The van der Waals surface area contributed by atoms with E-state index in [1.54, 1.807) is 14.2 Å². The topological polar surface area (TPSA) is 21.7 Å². The van der Waals surface area contributed by atoms with Crippen molar-refractivity contribution in [2.24, 2.45) is 0 Å². The molecule has 102 valence electrons. The summed E-state index contributed by atoms with van der Waals surface area (Å²) in [7, 11) is 3.40. The van der Waals surface area contributed by atoms with Crippen LogP contribution >= 0.6 is 0 Å². The third-order valence-electron chi connectivity index (χ3n) is 2.83. The van der Waals surface area contributed by atoms with Crippen molar-refractivity contribution in [3.05, 3.63) is 12.2 Å². The van der Waals surface area contributed by atoms with Gasteiger partial charge in [0.05, 0.1) is 0 Å². The summed E-state index contributed by atoms with van der Waals surface area (Å²) in [5.74, 6) is 0. The molecule has 0 aromatic carbocycles. The first-order valence-corrected chi connectivity index (χ1v) is 6.67. The molecule has 0 aromatic rings. The molecule has 0 bridgehead atoms. The molecule has 17 heavy (non-hydrogen) atoms. The Morgan fingerprint density at radius 1 is 1.12 bits per heavy atom. The van der Waals surface area contributed by atoms with Crippen LogP contribution in [0.15, 0.2) is 12.2 Å². The minimum Gasteiger partial charge on any atom is -0.356 e. The van der Waals surface area contributed by atoms with Gasteiger partial charge >= 0.3 is 0 Å². The number of ether oxygens (including phenoxy) is 2. The second-order valence-electron chi connectivity index (χ2n) is 4.24. The third-order valence-corrected chi connectivity index (χ3v) is 2.83. The van der Waals surface area contributed by atoms with E-state index in [1.807, 2.05) is 0 Å². The van der Waals surface area contributed by atoms with Gasteiger partial charge in [-0.3, -0.25) is 0 Å². The minimum atomic E-state index is -0.0472. The molecule has 0 aliphatic rings. The molecule has 0 spiro atoms. The number of hydrogen-bond donors (Lipinski definition) is 0. The number of rotatable bonds is 11. The summed E-state index contributed by atoms with van der Waals surface area (Å²) >= 11 is 0. The maximum atomic E-state index is 5.19. The Morgan fingerprint density at radius 2 is 1.82 bits per heavy atom. The number of methoxy groups -OCH3 is 2. The molecule has 0 atom stereocenters. The van der Waals surface area contributed by atoms with Crippen molar-refractivity contribution in [1.82, 2.24) is 4.90 Å². The molecule has 0 aliphatic heterocycles. The maximum absolute atomic E-state index is 5.19. The molecule has 0 heterocycles. The lowest BCUT2D eigenvalue weighted by Gasteiger charge is -2.22. The van der Waals surface area contributed by atoms with Crippen LogP contribution in [0.1, 0.15) is 39.5 Å². The smallest absolute Gasteiger partial charge is 0.156 e. The normalized spacial score (nSPS) is 12.1. The van der Waals surface area contributed by atoms with Crippen molar-refractivity contribution in [2.75, 3.05) is 33.9 Å². The van der Waals surface area contributed by atoms with E-state index in [2.05, 4.69) is 30.9 Å². The first kappa shape index (κ1) is 16.6. The molecule has 0 rings (SSSR count). The molecular formula is C14H29NO2. The highest BCUT2D eigenvalue weighted by Crippen LogP contribution is 2.05. The fourth-order valence-corrected chi connectivity index (χ4v) is 1.89. The van der Waals surface area contributed by atoms with E-state index >= 15 is 0 Å². The van der Waals surface area contributed by atoms with Crippen molar-refractivity contribution >= 4 is 0 Å². The summed E-state index contributed by atoms with van der Waals surface area (Å²) in [5.41, 5.74) is 0. The molecule has 0 fully saturated rings. The summed E-state index contributed by atoms with van der Waals surface area (Å²) < 4.78 is 10.4. The highest BCUT2D eigenvalue weighted by Gasteiger charge is 2.07. The van der Waals surface area contributed by atoms with E-state index in [-0.39, 0.29) is 6.29 Å². The molecule has 0 saturated heterocycles. The van der Waals surface area contributed by atoms with E-state index in [0.29, 0.717) is 0 Å². The average molecular weight is 243 g/mol. The zero-order valence-corrected chi connectivity index (χ0v) is 11.9. The molecule has 0 saturated carbocycles. The quantitative estimate of drug-likeness (QED) is 0.411. The van der Waals surface area contributed by atoms with E-state index in [1.165, 1.54) is 13.0 Å². The predicted octanol–water partition coefficient (Wildman–Crippen LogP) is 3.06. The first-order chi connectivity index (χ1) is 8.28. The molecule has 0 unspecified atom stereocenters. The highest BCUT2D eigenvalue weighted by atomic mass is 16.7. The van der Waals surface area contributed by atoms with Gasteiger partial charge in [-0.15, -0.1) is 0 Å². The van der Waals surface area contributed by atoms with Crippen molar-refractivity contribution in [1.29, 1.82) is 0 Å². The summed E-state index contributed by atoms with van der Waals surface area (Å²) in [6.07, 6.45) is 8.77.